The first-order valence-electron chi connectivity index (χ1n) is 9.23. The molecule has 8 nitrogen and oxygen atoms in total. The molecule has 0 aliphatic rings. The number of rotatable bonds is 5. The summed E-state index contributed by atoms with van der Waals surface area (Å²) in [5.74, 6) is -0.740. The quantitative estimate of drug-likeness (QED) is 0.367. The maximum atomic E-state index is 12.9. The predicted molar refractivity (Wildman–Crippen MR) is 113 cm³/mol. The first kappa shape index (κ1) is 20.5. The molecule has 0 saturated carbocycles. The van der Waals surface area contributed by atoms with Crippen LogP contribution in [0.5, 0.6) is 0 Å². The van der Waals surface area contributed by atoms with Crippen LogP contribution < -0.4 is 11.0 Å². The zero-order valence-electron chi connectivity index (χ0n) is 16.1. The smallest absolute Gasteiger partial charge is 0.274 e. The number of hydroxylamine groups is 1. The lowest BCUT2D eigenvalue weighted by molar-refractivity contribution is 0.0706. The number of hydrogen-bond acceptors (Lipinski definition) is 6. The molecule has 0 atom stereocenters. The second-order valence-electron chi connectivity index (χ2n) is 6.81. The molecule has 0 spiro atoms. The molecule has 0 saturated heterocycles. The first-order chi connectivity index (χ1) is 14.9. The van der Waals surface area contributed by atoms with Crippen molar-refractivity contribution in [2.45, 2.75) is 16.3 Å². The molecule has 4 aromatic rings. The van der Waals surface area contributed by atoms with Crippen molar-refractivity contribution in [3.8, 4) is 0 Å². The number of benzene rings is 3. The van der Waals surface area contributed by atoms with E-state index in [9.17, 15) is 18.0 Å². The lowest BCUT2D eigenvalue weighted by atomic mass is 10.1. The Labute approximate surface area is 177 Å². The van der Waals surface area contributed by atoms with Crippen LogP contribution in [0.1, 0.15) is 15.9 Å². The van der Waals surface area contributed by atoms with E-state index in [0.717, 1.165) is 0 Å². The summed E-state index contributed by atoms with van der Waals surface area (Å²) in [6.45, 7) is 0.0936. The number of amides is 1. The van der Waals surface area contributed by atoms with E-state index in [-0.39, 0.29) is 27.3 Å². The molecule has 0 aliphatic carbocycles. The third-order valence-electron chi connectivity index (χ3n) is 4.80. The SMILES string of the molecule is O=C(NO)c1ccc2ncn(Cc3cccc(S(=O)(=O)c4ccccc4)c3)c(=O)c2c1. The van der Waals surface area contributed by atoms with Crippen molar-refractivity contribution in [3.63, 3.8) is 0 Å². The number of sulfone groups is 1. The fourth-order valence-electron chi connectivity index (χ4n) is 3.22. The van der Waals surface area contributed by atoms with E-state index in [2.05, 4.69) is 4.98 Å². The molecule has 0 aliphatic heterocycles. The summed E-state index contributed by atoms with van der Waals surface area (Å²) in [5.41, 5.74) is 2.25. The highest BCUT2D eigenvalue weighted by Gasteiger charge is 2.17. The topological polar surface area (TPSA) is 118 Å². The van der Waals surface area contributed by atoms with E-state index in [4.69, 9.17) is 5.21 Å². The van der Waals surface area contributed by atoms with Gasteiger partial charge in [0.05, 0.1) is 33.6 Å². The van der Waals surface area contributed by atoms with Gasteiger partial charge in [-0.25, -0.2) is 18.9 Å². The molecule has 0 fully saturated rings. The highest BCUT2D eigenvalue weighted by Crippen LogP contribution is 2.21. The minimum Gasteiger partial charge on any atom is -0.294 e. The molecule has 9 heteroatoms. The molecule has 0 bridgehead atoms. The molecule has 156 valence electrons. The second-order valence-corrected chi connectivity index (χ2v) is 8.76. The van der Waals surface area contributed by atoms with Gasteiger partial charge in [-0.05, 0) is 48.0 Å². The summed E-state index contributed by atoms with van der Waals surface area (Å²) in [7, 11) is -3.69. The Balaban J connectivity index is 1.72. The van der Waals surface area contributed by atoms with Crippen molar-refractivity contribution in [3.05, 3.63) is 101 Å². The third kappa shape index (κ3) is 3.96. The van der Waals surface area contributed by atoms with E-state index >= 15 is 0 Å². The van der Waals surface area contributed by atoms with Crippen LogP contribution >= 0.6 is 0 Å². The van der Waals surface area contributed by atoms with Crippen molar-refractivity contribution >= 4 is 26.6 Å². The molecule has 1 heterocycles. The van der Waals surface area contributed by atoms with Crippen LogP contribution in [0.4, 0.5) is 0 Å². The summed E-state index contributed by atoms with van der Waals surface area (Å²) in [6.07, 6.45) is 1.37. The molecule has 1 amide bonds. The Kier molecular flexibility index (Phi) is 5.37. The number of nitrogens with zero attached hydrogens (tertiary/aromatic N) is 2. The van der Waals surface area contributed by atoms with Gasteiger partial charge in [-0.1, -0.05) is 30.3 Å². The summed E-state index contributed by atoms with van der Waals surface area (Å²) in [5, 5.41) is 9.01. The Morgan fingerprint density at radius 1 is 0.968 bits per heavy atom. The van der Waals surface area contributed by atoms with Crippen molar-refractivity contribution in [1.82, 2.24) is 15.0 Å². The van der Waals surface area contributed by atoms with Gasteiger partial charge in [-0.15, -0.1) is 0 Å². The number of hydrogen-bond donors (Lipinski definition) is 2. The lowest BCUT2D eigenvalue weighted by Gasteiger charge is -2.10. The molecule has 0 unspecified atom stereocenters. The molecule has 2 N–H and O–H groups in total. The molecular weight excluding hydrogens is 418 g/mol. The molecule has 1 aromatic heterocycles. The Bertz CT molecular complexity index is 1450. The van der Waals surface area contributed by atoms with Gasteiger partial charge in [0, 0.05) is 5.56 Å². The highest BCUT2D eigenvalue weighted by molar-refractivity contribution is 7.91. The van der Waals surface area contributed by atoms with E-state index in [0.29, 0.717) is 11.1 Å². The Morgan fingerprint density at radius 3 is 2.45 bits per heavy atom. The van der Waals surface area contributed by atoms with Crippen molar-refractivity contribution in [2.75, 3.05) is 0 Å². The minimum atomic E-state index is -3.69. The van der Waals surface area contributed by atoms with E-state index < -0.39 is 21.3 Å². The van der Waals surface area contributed by atoms with Crippen LogP contribution in [0.3, 0.4) is 0 Å². The number of fused-ring (bicyclic) bond motifs is 1. The molecule has 0 radical (unpaired) electrons. The van der Waals surface area contributed by atoms with Gasteiger partial charge in [0.25, 0.3) is 11.5 Å². The largest absolute Gasteiger partial charge is 0.294 e. The van der Waals surface area contributed by atoms with Crippen molar-refractivity contribution in [2.24, 2.45) is 0 Å². The van der Waals surface area contributed by atoms with Crippen molar-refractivity contribution in [1.29, 1.82) is 0 Å². The normalized spacial score (nSPS) is 11.4. The number of aromatic nitrogens is 2. The fraction of sp³-hybridized carbons (Fsp3) is 0.0455. The average Bonchev–Trinajstić information content (AvgIpc) is 2.81. The molecule has 4 rings (SSSR count). The second kappa shape index (κ2) is 8.13. The third-order valence-corrected chi connectivity index (χ3v) is 6.57. The van der Waals surface area contributed by atoms with E-state index in [1.54, 1.807) is 30.3 Å². The average molecular weight is 435 g/mol. The van der Waals surface area contributed by atoms with Crippen molar-refractivity contribution < 1.29 is 18.4 Å². The van der Waals surface area contributed by atoms with Gasteiger partial charge in [-0.3, -0.25) is 19.4 Å². The van der Waals surface area contributed by atoms with Crippen LogP contribution in [-0.4, -0.2) is 29.1 Å². The summed E-state index contributed by atoms with van der Waals surface area (Å²) < 4.78 is 27.1. The van der Waals surface area contributed by atoms with Crippen LogP contribution in [-0.2, 0) is 16.4 Å². The zero-order valence-corrected chi connectivity index (χ0v) is 16.9. The molecule has 3 aromatic carbocycles. The molecular formula is C22H17N3O5S. The lowest BCUT2D eigenvalue weighted by Crippen LogP contribution is -2.23. The van der Waals surface area contributed by atoms with Gasteiger partial charge in [-0.2, -0.15) is 0 Å². The van der Waals surface area contributed by atoms with Gasteiger partial charge >= 0.3 is 0 Å². The number of carbonyl (C=O) groups is 1. The van der Waals surface area contributed by atoms with E-state index in [1.807, 2.05) is 0 Å². The van der Waals surface area contributed by atoms with E-state index in [1.165, 1.54) is 58.8 Å². The number of carbonyl (C=O) groups excluding carboxylic acids is 1. The van der Waals surface area contributed by atoms with Crippen LogP contribution in [0.15, 0.2) is 93.7 Å². The predicted octanol–water partition coefficient (Wildman–Crippen LogP) is 2.40. The van der Waals surface area contributed by atoms with Gasteiger partial charge in [0.2, 0.25) is 9.84 Å². The highest BCUT2D eigenvalue weighted by atomic mass is 32.2. The van der Waals surface area contributed by atoms with Crippen LogP contribution in [0.25, 0.3) is 10.9 Å². The summed E-state index contributed by atoms with van der Waals surface area (Å²) in [4.78, 5) is 29.1. The van der Waals surface area contributed by atoms with Gasteiger partial charge in [0.1, 0.15) is 0 Å². The van der Waals surface area contributed by atoms with Crippen LogP contribution in [0, 0.1) is 0 Å². The van der Waals surface area contributed by atoms with Gasteiger partial charge < -0.3 is 0 Å². The maximum Gasteiger partial charge on any atom is 0.274 e. The molecule has 31 heavy (non-hydrogen) atoms. The summed E-state index contributed by atoms with van der Waals surface area (Å²) in [6, 6.07) is 18.8. The zero-order chi connectivity index (χ0) is 22.0. The number of nitrogens with one attached hydrogen (secondary N) is 1. The fourth-order valence-corrected chi connectivity index (χ4v) is 4.57. The minimum absolute atomic E-state index is 0.0936. The maximum absolute atomic E-state index is 12.9. The summed E-state index contributed by atoms with van der Waals surface area (Å²) >= 11 is 0. The Morgan fingerprint density at radius 2 is 1.71 bits per heavy atom. The standard InChI is InChI=1S/C22H17N3O5S/c26-21(24-28)16-9-10-20-19(12-16)22(27)25(14-23-20)13-15-5-4-8-18(11-15)31(29,30)17-6-2-1-3-7-17/h1-12,14,28H,13H2,(H,24,26). The van der Waals surface area contributed by atoms with Crippen LogP contribution in [0.2, 0.25) is 0 Å². The van der Waals surface area contributed by atoms with Gasteiger partial charge in [0.15, 0.2) is 0 Å². The first-order valence-corrected chi connectivity index (χ1v) is 10.7. The Hall–Kier alpha value is -3.82. The monoisotopic (exact) mass is 435 g/mol.